The fourth-order valence-corrected chi connectivity index (χ4v) is 5.72. The Bertz CT molecular complexity index is 538. The van der Waals surface area contributed by atoms with Crippen LogP contribution in [0.1, 0.15) is 192 Å². The minimum Gasteiger partial charge on any atom is -0.350 e. The Labute approximate surface area is 263 Å². The first-order valence-corrected chi connectivity index (χ1v) is 18.2. The quantitative estimate of drug-likeness (QED) is 0.0606. The van der Waals surface area contributed by atoms with Crippen LogP contribution in [0.2, 0.25) is 0 Å². The van der Waals surface area contributed by atoms with Gasteiger partial charge in [-0.05, 0) is 88.5 Å². The highest BCUT2D eigenvalue weighted by molar-refractivity contribution is 4.68. The van der Waals surface area contributed by atoms with Crippen LogP contribution in [0.4, 0.5) is 0 Å². The fraction of sp³-hybridized carbons (Fsp3) is 1.00. The average Bonchev–Trinajstić information content (AvgIpc) is 2.85. The first kappa shape index (κ1) is 41.8. The lowest BCUT2D eigenvalue weighted by Crippen LogP contribution is -2.44. The molecule has 0 spiro atoms. The van der Waals surface area contributed by atoms with Crippen molar-refractivity contribution in [3.8, 4) is 0 Å². The monoisotopic (exact) mass is 601 g/mol. The summed E-state index contributed by atoms with van der Waals surface area (Å²) in [6.07, 6.45) is 23.2. The third kappa shape index (κ3) is 24.2. The van der Waals surface area contributed by atoms with Gasteiger partial charge in [0.15, 0.2) is 6.29 Å². The minimum absolute atomic E-state index is 0.0572. The van der Waals surface area contributed by atoms with E-state index in [-0.39, 0.29) is 36.8 Å². The molecule has 0 aliphatic heterocycles. The summed E-state index contributed by atoms with van der Waals surface area (Å²) in [6, 6.07) is 0. The molecule has 0 aromatic heterocycles. The molecule has 0 heterocycles. The number of ether oxygens (including phenoxy) is 5. The van der Waals surface area contributed by atoms with Gasteiger partial charge in [0.05, 0.1) is 30.5 Å². The molecule has 0 saturated heterocycles. The van der Waals surface area contributed by atoms with Crippen molar-refractivity contribution in [3.05, 3.63) is 0 Å². The Morgan fingerprint density at radius 2 is 0.738 bits per heavy atom. The molecule has 5 heteroatoms. The minimum atomic E-state index is -0.932. The lowest BCUT2D eigenvalue weighted by molar-refractivity contribution is -0.412. The van der Waals surface area contributed by atoms with Gasteiger partial charge in [-0.3, -0.25) is 0 Å². The van der Waals surface area contributed by atoms with Crippen LogP contribution in [0.15, 0.2) is 0 Å². The highest BCUT2D eigenvalue weighted by atomic mass is 16.9. The van der Waals surface area contributed by atoms with E-state index in [4.69, 9.17) is 23.7 Å². The molecule has 254 valence electrons. The molecule has 1 unspecified atom stereocenters. The Morgan fingerprint density at radius 3 is 1.07 bits per heavy atom. The second-order valence-corrected chi connectivity index (χ2v) is 14.0. The first-order valence-electron chi connectivity index (χ1n) is 18.2. The molecule has 0 N–H and O–H groups in total. The van der Waals surface area contributed by atoms with E-state index in [0.717, 1.165) is 12.8 Å². The topological polar surface area (TPSA) is 46.2 Å². The van der Waals surface area contributed by atoms with Crippen molar-refractivity contribution in [1.82, 2.24) is 0 Å². The molecule has 0 aromatic carbocycles. The van der Waals surface area contributed by atoms with Gasteiger partial charge in [0.25, 0.3) is 5.97 Å². The average molecular weight is 601 g/mol. The van der Waals surface area contributed by atoms with E-state index in [0.29, 0.717) is 5.92 Å². The molecular formula is C37H76O5. The standard InChI is InChI=1S/C37H76O5/c1-12-13-14-15-18-21-24-27-35(36(38-30(2)3)39-31(4)5)28-25-22-19-16-17-20-23-26-29-37(40-32(6)7,41-33(8)9)42-34(10)11/h30-36H,12-29H2,1-11H3. The molecule has 0 bridgehead atoms. The van der Waals surface area contributed by atoms with Crippen LogP contribution in [-0.2, 0) is 23.7 Å². The van der Waals surface area contributed by atoms with E-state index < -0.39 is 5.97 Å². The zero-order valence-corrected chi connectivity index (χ0v) is 30.3. The van der Waals surface area contributed by atoms with Crippen LogP contribution in [0.5, 0.6) is 0 Å². The van der Waals surface area contributed by atoms with Crippen molar-refractivity contribution < 1.29 is 23.7 Å². The summed E-state index contributed by atoms with van der Waals surface area (Å²) in [4.78, 5) is 0. The van der Waals surface area contributed by atoms with Crippen molar-refractivity contribution in [2.24, 2.45) is 5.92 Å². The number of unbranched alkanes of at least 4 members (excludes halogenated alkanes) is 13. The molecule has 0 rings (SSSR count). The van der Waals surface area contributed by atoms with Crippen LogP contribution in [-0.4, -0.2) is 42.8 Å². The third-order valence-corrected chi connectivity index (χ3v) is 7.43. The predicted octanol–water partition coefficient (Wildman–Crippen LogP) is 11.7. The van der Waals surface area contributed by atoms with Crippen molar-refractivity contribution in [1.29, 1.82) is 0 Å². The van der Waals surface area contributed by atoms with Gasteiger partial charge in [0.1, 0.15) is 0 Å². The van der Waals surface area contributed by atoms with Crippen molar-refractivity contribution in [2.75, 3.05) is 0 Å². The first-order chi connectivity index (χ1) is 19.9. The number of hydrogen-bond acceptors (Lipinski definition) is 5. The molecule has 1 atom stereocenters. The highest BCUT2D eigenvalue weighted by Gasteiger charge is 2.36. The predicted molar refractivity (Wildman–Crippen MR) is 180 cm³/mol. The smallest absolute Gasteiger partial charge is 0.283 e. The van der Waals surface area contributed by atoms with Crippen molar-refractivity contribution in [3.63, 3.8) is 0 Å². The molecule has 0 amide bonds. The lowest BCUT2D eigenvalue weighted by atomic mass is 9.93. The van der Waals surface area contributed by atoms with Crippen molar-refractivity contribution >= 4 is 0 Å². The van der Waals surface area contributed by atoms with Gasteiger partial charge in [-0.15, -0.1) is 0 Å². The molecule has 0 saturated carbocycles. The summed E-state index contributed by atoms with van der Waals surface area (Å²) in [5, 5.41) is 0. The fourth-order valence-electron chi connectivity index (χ4n) is 5.72. The second-order valence-electron chi connectivity index (χ2n) is 14.0. The molecule has 0 aliphatic rings. The Morgan fingerprint density at radius 1 is 0.405 bits per heavy atom. The second kappa shape index (κ2) is 26.1. The number of hydrogen-bond donors (Lipinski definition) is 0. The van der Waals surface area contributed by atoms with E-state index in [9.17, 15) is 0 Å². The largest absolute Gasteiger partial charge is 0.350 e. The van der Waals surface area contributed by atoms with Crippen LogP contribution >= 0.6 is 0 Å². The maximum absolute atomic E-state index is 6.30. The summed E-state index contributed by atoms with van der Waals surface area (Å²) < 4.78 is 31.2. The SMILES string of the molecule is CCCCCCCCCC(CCCCCCCCCCC(OC(C)C)(OC(C)C)OC(C)C)C(OC(C)C)OC(C)C. The van der Waals surface area contributed by atoms with Gasteiger partial charge in [0.2, 0.25) is 0 Å². The van der Waals surface area contributed by atoms with E-state index in [2.05, 4.69) is 76.2 Å². The van der Waals surface area contributed by atoms with E-state index in [1.807, 2.05) is 0 Å². The van der Waals surface area contributed by atoms with E-state index in [1.54, 1.807) is 0 Å². The maximum atomic E-state index is 6.30. The van der Waals surface area contributed by atoms with Gasteiger partial charge in [-0.25, -0.2) is 0 Å². The summed E-state index contributed by atoms with van der Waals surface area (Å²) in [7, 11) is 0. The third-order valence-electron chi connectivity index (χ3n) is 7.43. The zero-order valence-electron chi connectivity index (χ0n) is 30.3. The van der Waals surface area contributed by atoms with E-state index in [1.165, 1.54) is 103 Å². The molecule has 0 aliphatic carbocycles. The van der Waals surface area contributed by atoms with Gasteiger partial charge >= 0.3 is 0 Å². The van der Waals surface area contributed by atoms with Gasteiger partial charge in [-0.1, -0.05) is 96.8 Å². The Balaban J connectivity index is 4.52. The maximum Gasteiger partial charge on any atom is 0.283 e. The van der Waals surface area contributed by atoms with Crippen LogP contribution in [0, 0.1) is 5.92 Å². The summed E-state index contributed by atoms with van der Waals surface area (Å²) in [5.74, 6) is -0.432. The van der Waals surface area contributed by atoms with Gasteiger partial charge in [-0.2, -0.15) is 0 Å². The highest BCUT2D eigenvalue weighted by Crippen LogP contribution is 2.29. The molecule has 0 radical (unpaired) electrons. The summed E-state index contributed by atoms with van der Waals surface area (Å²) in [6.45, 7) is 23.1. The Kier molecular flexibility index (Phi) is 25.9. The summed E-state index contributed by atoms with van der Waals surface area (Å²) >= 11 is 0. The molecule has 5 nitrogen and oxygen atoms in total. The summed E-state index contributed by atoms with van der Waals surface area (Å²) in [5.41, 5.74) is 0. The number of rotatable bonds is 30. The van der Waals surface area contributed by atoms with Crippen LogP contribution in [0.25, 0.3) is 0 Å². The van der Waals surface area contributed by atoms with E-state index >= 15 is 0 Å². The Hall–Kier alpha value is -0.200. The molecule has 0 aromatic rings. The normalized spacial score (nSPS) is 13.6. The van der Waals surface area contributed by atoms with Crippen molar-refractivity contribution in [2.45, 2.75) is 235 Å². The molecule has 0 fully saturated rings. The zero-order chi connectivity index (χ0) is 31.8. The van der Waals surface area contributed by atoms with Crippen LogP contribution in [0.3, 0.4) is 0 Å². The van der Waals surface area contributed by atoms with Gasteiger partial charge < -0.3 is 23.7 Å². The molecule has 42 heavy (non-hydrogen) atoms. The van der Waals surface area contributed by atoms with Gasteiger partial charge in [0, 0.05) is 12.3 Å². The van der Waals surface area contributed by atoms with Crippen LogP contribution < -0.4 is 0 Å². The molecular weight excluding hydrogens is 524 g/mol. The lowest BCUT2D eigenvalue weighted by Gasteiger charge is -2.37.